The smallest absolute Gasteiger partial charge is 0.254 e. The lowest BCUT2D eigenvalue weighted by Gasteiger charge is -2.18. The van der Waals surface area contributed by atoms with Gasteiger partial charge in [-0.05, 0) is 30.0 Å². The second kappa shape index (κ2) is 4.63. The van der Waals surface area contributed by atoms with Crippen LogP contribution in [0.3, 0.4) is 0 Å². The van der Waals surface area contributed by atoms with E-state index in [2.05, 4.69) is 0 Å². The molecule has 1 fully saturated rings. The number of hydrogen-bond acceptors (Lipinski definition) is 2. The van der Waals surface area contributed by atoms with Crippen LogP contribution in [-0.2, 0) is 6.54 Å². The van der Waals surface area contributed by atoms with Gasteiger partial charge in [-0.15, -0.1) is 0 Å². The Kier molecular flexibility index (Phi) is 2.98. The van der Waals surface area contributed by atoms with Crippen molar-refractivity contribution < 1.29 is 4.79 Å². The number of nitrogen functional groups attached to an aromatic ring is 1. The van der Waals surface area contributed by atoms with Crippen LogP contribution in [-0.4, -0.2) is 17.4 Å². The number of benzene rings is 1. The number of carbonyl (C=O) groups excluding carboxylic acids is 1. The highest BCUT2D eigenvalue weighted by Crippen LogP contribution is 2.30. The number of anilines is 1. The zero-order valence-electron chi connectivity index (χ0n) is 10.7. The maximum absolute atomic E-state index is 12.2. The van der Waals surface area contributed by atoms with Gasteiger partial charge in [0.2, 0.25) is 0 Å². The lowest BCUT2D eigenvalue weighted by molar-refractivity contribution is 0.0769. The van der Waals surface area contributed by atoms with Crippen LogP contribution >= 0.6 is 0 Å². The highest BCUT2D eigenvalue weighted by Gasteiger charge is 2.27. The van der Waals surface area contributed by atoms with Crippen molar-refractivity contribution in [3.05, 3.63) is 29.3 Å². The maximum atomic E-state index is 12.2. The molecule has 2 aliphatic rings. The zero-order valence-corrected chi connectivity index (χ0v) is 10.7. The molecule has 1 heterocycles. The summed E-state index contributed by atoms with van der Waals surface area (Å²) >= 11 is 0. The minimum Gasteiger partial charge on any atom is -0.399 e. The number of rotatable bonds is 3. The molecule has 0 bridgehead atoms. The van der Waals surface area contributed by atoms with Crippen LogP contribution in [0.15, 0.2) is 18.2 Å². The van der Waals surface area contributed by atoms with Crippen LogP contribution in [0.2, 0.25) is 0 Å². The van der Waals surface area contributed by atoms with Gasteiger partial charge in [-0.2, -0.15) is 0 Å². The quantitative estimate of drug-likeness (QED) is 0.831. The van der Waals surface area contributed by atoms with Gasteiger partial charge in [-0.25, -0.2) is 0 Å². The molecule has 18 heavy (non-hydrogen) atoms. The number of nitrogens with two attached hydrogens (primary N) is 1. The third kappa shape index (κ3) is 2.09. The van der Waals surface area contributed by atoms with Crippen molar-refractivity contribution in [1.29, 1.82) is 0 Å². The van der Waals surface area contributed by atoms with Crippen LogP contribution < -0.4 is 5.73 Å². The predicted octanol–water partition coefficient (Wildman–Crippen LogP) is 2.80. The summed E-state index contributed by atoms with van der Waals surface area (Å²) in [5.74, 6) is 1.00. The summed E-state index contributed by atoms with van der Waals surface area (Å²) in [7, 11) is 0. The number of hydrogen-bond donors (Lipinski definition) is 1. The van der Waals surface area contributed by atoms with Crippen molar-refractivity contribution in [2.75, 3.05) is 12.3 Å². The van der Waals surface area contributed by atoms with Gasteiger partial charge < -0.3 is 10.6 Å². The Bertz CT molecular complexity index is 464. The molecule has 1 aliphatic carbocycles. The summed E-state index contributed by atoms with van der Waals surface area (Å²) in [5.41, 5.74) is 8.35. The molecule has 2 N–H and O–H groups in total. The second-order valence-electron chi connectivity index (χ2n) is 5.58. The highest BCUT2D eigenvalue weighted by molar-refractivity contribution is 5.99. The van der Waals surface area contributed by atoms with Gasteiger partial charge in [0.05, 0.1) is 0 Å². The summed E-state index contributed by atoms with van der Waals surface area (Å²) < 4.78 is 0. The third-order valence-electron chi connectivity index (χ3n) is 4.29. The van der Waals surface area contributed by atoms with Crippen molar-refractivity contribution in [3.8, 4) is 0 Å². The van der Waals surface area contributed by atoms with Crippen molar-refractivity contribution in [2.45, 2.75) is 38.6 Å². The minimum atomic E-state index is 0.162. The first-order valence-corrected chi connectivity index (χ1v) is 6.92. The van der Waals surface area contributed by atoms with E-state index in [0.29, 0.717) is 5.69 Å². The van der Waals surface area contributed by atoms with Crippen LogP contribution in [0.4, 0.5) is 5.69 Å². The molecule has 0 aromatic heterocycles. The molecular weight excluding hydrogens is 224 g/mol. The Hall–Kier alpha value is -1.51. The fourth-order valence-electron chi connectivity index (χ4n) is 3.20. The highest BCUT2D eigenvalue weighted by atomic mass is 16.2. The minimum absolute atomic E-state index is 0.162. The van der Waals surface area contributed by atoms with E-state index in [-0.39, 0.29) is 5.91 Å². The van der Waals surface area contributed by atoms with Crippen LogP contribution in [0.1, 0.15) is 48.0 Å². The molecule has 0 spiro atoms. The summed E-state index contributed by atoms with van der Waals surface area (Å²) in [6.45, 7) is 1.67. The summed E-state index contributed by atoms with van der Waals surface area (Å²) in [4.78, 5) is 14.2. The van der Waals surface area contributed by atoms with Crippen molar-refractivity contribution in [2.24, 2.45) is 5.92 Å². The molecule has 0 unspecified atom stereocenters. The van der Waals surface area contributed by atoms with Crippen molar-refractivity contribution >= 4 is 11.6 Å². The van der Waals surface area contributed by atoms with Crippen LogP contribution in [0.25, 0.3) is 0 Å². The number of amides is 1. The SMILES string of the molecule is Nc1ccc2c(c1)C(=O)N(CCC1CCCC1)C2. The van der Waals surface area contributed by atoms with E-state index in [1.807, 2.05) is 23.1 Å². The Morgan fingerprint density at radius 2 is 2.06 bits per heavy atom. The molecule has 3 nitrogen and oxygen atoms in total. The second-order valence-corrected chi connectivity index (χ2v) is 5.58. The lowest BCUT2D eigenvalue weighted by atomic mass is 10.0. The Morgan fingerprint density at radius 1 is 1.28 bits per heavy atom. The number of carbonyl (C=O) groups is 1. The fraction of sp³-hybridized carbons (Fsp3) is 0.533. The third-order valence-corrected chi connectivity index (χ3v) is 4.29. The van der Waals surface area contributed by atoms with Crippen LogP contribution in [0, 0.1) is 5.92 Å². The molecule has 1 aliphatic heterocycles. The molecule has 0 radical (unpaired) electrons. The van der Waals surface area contributed by atoms with E-state index in [9.17, 15) is 4.79 Å². The van der Waals surface area contributed by atoms with Crippen molar-refractivity contribution in [1.82, 2.24) is 4.90 Å². The van der Waals surface area contributed by atoms with Gasteiger partial charge in [0.1, 0.15) is 0 Å². The lowest BCUT2D eigenvalue weighted by Crippen LogP contribution is -2.26. The first-order valence-electron chi connectivity index (χ1n) is 6.92. The molecule has 1 saturated carbocycles. The Balaban J connectivity index is 1.64. The summed E-state index contributed by atoms with van der Waals surface area (Å²) in [6, 6.07) is 5.68. The molecule has 1 aromatic rings. The predicted molar refractivity (Wildman–Crippen MR) is 72.2 cm³/mol. The normalized spacial score (nSPS) is 19.6. The monoisotopic (exact) mass is 244 g/mol. The van der Waals surface area contributed by atoms with E-state index in [0.717, 1.165) is 36.6 Å². The van der Waals surface area contributed by atoms with E-state index in [4.69, 9.17) is 5.73 Å². The van der Waals surface area contributed by atoms with Gasteiger partial charge in [-0.3, -0.25) is 4.79 Å². The Labute approximate surface area is 108 Å². The average molecular weight is 244 g/mol. The summed E-state index contributed by atoms with van der Waals surface area (Å²) in [5, 5.41) is 0. The van der Waals surface area contributed by atoms with Gasteiger partial charge in [-0.1, -0.05) is 31.7 Å². The van der Waals surface area contributed by atoms with E-state index >= 15 is 0 Å². The van der Waals surface area contributed by atoms with Gasteiger partial charge in [0.25, 0.3) is 5.91 Å². The van der Waals surface area contributed by atoms with Gasteiger partial charge >= 0.3 is 0 Å². The van der Waals surface area contributed by atoms with E-state index in [1.165, 1.54) is 25.7 Å². The molecule has 0 saturated heterocycles. The molecule has 1 amide bonds. The first kappa shape index (κ1) is 11.6. The van der Waals surface area contributed by atoms with Gasteiger partial charge in [0, 0.05) is 24.3 Å². The topological polar surface area (TPSA) is 46.3 Å². The van der Waals surface area contributed by atoms with Crippen molar-refractivity contribution in [3.63, 3.8) is 0 Å². The molecule has 3 heteroatoms. The van der Waals surface area contributed by atoms with Crippen LogP contribution in [0.5, 0.6) is 0 Å². The maximum Gasteiger partial charge on any atom is 0.254 e. The van der Waals surface area contributed by atoms with E-state index < -0.39 is 0 Å². The standard InChI is InChI=1S/C15H20N2O/c16-13-6-5-12-10-17(15(18)14(12)9-13)8-7-11-3-1-2-4-11/h5-6,9,11H,1-4,7-8,10,16H2. The molecular formula is C15H20N2O. The average Bonchev–Trinajstić information content (AvgIpc) is 2.97. The first-order chi connectivity index (χ1) is 8.74. The summed E-state index contributed by atoms with van der Waals surface area (Å²) in [6.07, 6.45) is 6.60. The molecule has 0 atom stereocenters. The Morgan fingerprint density at radius 3 is 2.83 bits per heavy atom. The molecule has 96 valence electrons. The van der Waals surface area contributed by atoms with Gasteiger partial charge in [0.15, 0.2) is 0 Å². The fourth-order valence-corrected chi connectivity index (χ4v) is 3.20. The largest absolute Gasteiger partial charge is 0.399 e. The van der Waals surface area contributed by atoms with E-state index in [1.54, 1.807) is 0 Å². The number of nitrogens with zero attached hydrogens (tertiary/aromatic N) is 1. The molecule has 1 aromatic carbocycles. The number of fused-ring (bicyclic) bond motifs is 1. The molecule has 3 rings (SSSR count). The zero-order chi connectivity index (χ0) is 12.5.